The molecule has 124 valence electrons. The molecule has 0 fully saturated rings. The maximum Gasteiger partial charge on any atom is 0.261 e. The van der Waals surface area contributed by atoms with Crippen LogP contribution in [-0.2, 0) is 20.0 Å². The molecule has 0 aliphatic carbocycles. The van der Waals surface area contributed by atoms with E-state index < -0.39 is 20.0 Å². The zero-order valence-electron chi connectivity index (χ0n) is 12.7. The molecule has 0 bridgehead atoms. The predicted octanol–water partition coefficient (Wildman–Crippen LogP) is 2.17. The van der Waals surface area contributed by atoms with Gasteiger partial charge in [0.05, 0.1) is 9.79 Å². The second-order valence-electron chi connectivity index (χ2n) is 5.22. The first-order valence-corrected chi connectivity index (χ1v) is 9.87. The van der Waals surface area contributed by atoms with E-state index in [0.717, 1.165) is 0 Å². The maximum absolute atomic E-state index is 12.2. The molecule has 0 spiro atoms. The molecule has 0 radical (unpaired) electrons. The molecule has 23 heavy (non-hydrogen) atoms. The summed E-state index contributed by atoms with van der Waals surface area (Å²) in [7, 11) is -7.30. The fourth-order valence-corrected chi connectivity index (χ4v) is 4.22. The molecule has 0 heterocycles. The number of sulfonamides is 2. The second-order valence-corrected chi connectivity index (χ2v) is 8.62. The Balaban J connectivity index is 2.21. The largest absolute Gasteiger partial charge is 0.280 e. The van der Waals surface area contributed by atoms with E-state index in [9.17, 15) is 16.8 Å². The molecule has 0 aromatic heterocycles. The van der Waals surface area contributed by atoms with Gasteiger partial charge in [-0.3, -0.25) is 4.72 Å². The summed E-state index contributed by atoms with van der Waals surface area (Å²) < 4.78 is 53.3. The number of nitrogens with one attached hydrogen (secondary N) is 2. The molecule has 0 unspecified atom stereocenters. The Labute approximate surface area is 136 Å². The topological polar surface area (TPSA) is 92.3 Å². The van der Waals surface area contributed by atoms with Crippen LogP contribution in [0.3, 0.4) is 0 Å². The van der Waals surface area contributed by atoms with E-state index in [2.05, 4.69) is 9.44 Å². The van der Waals surface area contributed by atoms with Crippen molar-refractivity contribution >= 4 is 25.7 Å². The van der Waals surface area contributed by atoms with Crippen LogP contribution in [0.2, 0.25) is 0 Å². The van der Waals surface area contributed by atoms with Gasteiger partial charge in [-0.1, -0.05) is 18.2 Å². The van der Waals surface area contributed by atoms with Crippen molar-refractivity contribution < 1.29 is 16.8 Å². The summed E-state index contributed by atoms with van der Waals surface area (Å²) >= 11 is 0. The van der Waals surface area contributed by atoms with Crippen LogP contribution in [0.5, 0.6) is 0 Å². The Morgan fingerprint density at radius 3 is 1.78 bits per heavy atom. The summed E-state index contributed by atoms with van der Waals surface area (Å²) in [5.74, 6) is 0. The van der Waals surface area contributed by atoms with Gasteiger partial charge in [0.15, 0.2) is 0 Å². The van der Waals surface area contributed by atoms with E-state index in [4.69, 9.17) is 0 Å². The third-order valence-electron chi connectivity index (χ3n) is 2.86. The minimum Gasteiger partial charge on any atom is -0.280 e. The van der Waals surface area contributed by atoms with Gasteiger partial charge in [0, 0.05) is 11.7 Å². The van der Waals surface area contributed by atoms with Gasteiger partial charge in [0.25, 0.3) is 10.0 Å². The molecule has 2 N–H and O–H groups in total. The molecule has 0 saturated carbocycles. The summed E-state index contributed by atoms with van der Waals surface area (Å²) in [5.41, 5.74) is 0.289. The van der Waals surface area contributed by atoms with Crippen molar-refractivity contribution in [2.45, 2.75) is 29.7 Å². The Kier molecular flexibility index (Phi) is 5.08. The van der Waals surface area contributed by atoms with Gasteiger partial charge in [-0.25, -0.2) is 21.6 Å². The molecule has 0 amide bonds. The first-order valence-electron chi connectivity index (χ1n) is 6.91. The van der Waals surface area contributed by atoms with Crippen molar-refractivity contribution in [1.29, 1.82) is 0 Å². The zero-order valence-corrected chi connectivity index (χ0v) is 14.4. The molecule has 2 aromatic carbocycles. The van der Waals surface area contributed by atoms with Crippen LogP contribution >= 0.6 is 0 Å². The van der Waals surface area contributed by atoms with E-state index in [-0.39, 0.29) is 21.5 Å². The molecule has 2 rings (SSSR count). The van der Waals surface area contributed by atoms with Gasteiger partial charge in [0.2, 0.25) is 10.0 Å². The lowest BCUT2D eigenvalue weighted by Gasteiger charge is -2.11. The first kappa shape index (κ1) is 17.5. The smallest absolute Gasteiger partial charge is 0.261 e. The highest BCUT2D eigenvalue weighted by molar-refractivity contribution is 7.92. The summed E-state index contributed by atoms with van der Waals surface area (Å²) in [6.45, 7) is 3.44. The summed E-state index contributed by atoms with van der Waals surface area (Å²) in [5, 5.41) is 0. The molecule has 6 nitrogen and oxygen atoms in total. The summed E-state index contributed by atoms with van der Waals surface area (Å²) in [6, 6.07) is 13.2. The van der Waals surface area contributed by atoms with E-state index in [1.807, 2.05) is 0 Å². The van der Waals surface area contributed by atoms with E-state index in [1.165, 1.54) is 36.4 Å². The van der Waals surface area contributed by atoms with Crippen molar-refractivity contribution in [3.05, 3.63) is 54.6 Å². The van der Waals surface area contributed by atoms with Crippen LogP contribution in [0.1, 0.15) is 13.8 Å². The highest BCUT2D eigenvalue weighted by Crippen LogP contribution is 2.18. The van der Waals surface area contributed by atoms with Crippen molar-refractivity contribution in [1.82, 2.24) is 4.72 Å². The van der Waals surface area contributed by atoms with Crippen LogP contribution in [-0.4, -0.2) is 22.9 Å². The molecule has 0 aliphatic rings. The van der Waals surface area contributed by atoms with Crippen molar-refractivity contribution in [3.63, 3.8) is 0 Å². The Bertz CT molecular complexity index is 859. The van der Waals surface area contributed by atoms with Crippen molar-refractivity contribution in [2.24, 2.45) is 0 Å². The fraction of sp³-hybridized carbons (Fsp3) is 0.200. The predicted molar refractivity (Wildman–Crippen MR) is 89.2 cm³/mol. The van der Waals surface area contributed by atoms with Gasteiger partial charge >= 0.3 is 0 Å². The van der Waals surface area contributed by atoms with Gasteiger partial charge in [0.1, 0.15) is 0 Å². The monoisotopic (exact) mass is 354 g/mol. The SMILES string of the molecule is CC(C)NS(=O)(=O)c1ccc(NS(=O)(=O)c2ccccc2)cc1. The lowest BCUT2D eigenvalue weighted by Crippen LogP contribution is -2.30. The van der Waals surface area contributed by atoms with Gasteiger partial charge in [-0.05, 0) is 50.2 Å². The normalized spacial score (nSPS) is 12.3. The first-order chi connectivity index (χ1) is 10.7. The maximum atomic E-state index is 12.2. The average molecular weight is 354 g/mol. The number of hydrogen-bond donors (Lipinski definition) is 2. The molecule has 0 atom stereocenters. The van der Waals surface area contributed by atoms with E-state index in [1.54, 1.807) is 32.0 Å². The lowest BCUT2D eigenvalue weighted by molar-refractivity contribution is 0.570. The Hall–Kier alpha value is -1.90. The Morgan fingerprint density at radius 1 is 0.739 bits per heavy atom. The van der Waals surface area contributed by atoms with Crippen molar-refractivity contribution in [2.75, 3.05) is 4.72 Å². The molecule has 2 aromatic rings. The highest BCUT2D eigenvalue weighted by Gasteiger charge is 2.17. The van der Waals surface area contributed by atoms with Crippen molar-refractivity contribution in [3.8, 4) is 0 Å². The Morgan fingerprint density at radius 2 is 1.26 bits per heavy atom. The number of benzene rings is 2. The third-order valence-corrected chi connectivity index (χ3v) is 5.93. The van der Waals surface area contributed by atoms with Crippen LogP contribution < -0.4 is 9.44 Å². The zero-order chi connectivity index (χ0) is 17.1. The number of hydrogen-bond acceptors (Lipinski definition) is 4. The second kappa shape index (κ2) is 6.69. The fourth-order valence-electron chi connectivity index (χ4n) is 1.89. The molecule has 0 aliphatic heterocycles. The van der Waals surface area contributed by atoms with Gasteiger partial charge in [-0.15, -0.1) is 0 Å². The number of anilines is 1. The average Bonchev–Trinajstić information content (AvgIpc) is 2.47. The number of rotatable bonds is 6. The quantitative estimate of drug-likeness (QED) is 0.831. The van der Waals surface area contributed by atoms with Crippen LogP contribution in [0.15, 0.2) is 64.4 Å². The highest BCUT2D eigenvalue weighted by atomic mass is 32.2. The summed E-state index contributed by atoms with van der Waals surface area (Å²) in [6.07, 6.45) is 0. The molecule has 0 saturated heterocycles. The lowest BCUT2D eigenvalue weighted by atomic mass is 10.3. The third kappa shape index (κ3) is 4.54. The minimum atomic E-state index is -3.70. The minimum absolute atomic E-state index is 0.0776. The molecular formula is C15H18N2O4S2. The van der Waals surface area contributed by atoms with Crippen LogP contribution in [0.25, 0.3) is 0 Å². The molecular weight excluding hydrogens is 336 g/mol. The standard InChI is InChI=1S/C15H18N2O4S2/c1-12(2)16-22(18,19)15-10-8-13(9-11-15)17-23(20,21)14-6-4-3-5-7-14/h3-12,16-17H,1-2H3. The molecule has 8 heteroatoms. The van der Waals surface area contributed by atoms with Crippen LogP contribution in [0, 0.1) is 0 Å². The van der Waals surface area contributed by atoms with E-state index in [0.29, 0.717) is 0 Å². The van der Waals surface area contributed by atoms with Gasteiger partial charge in [-0.2, -0.15) is 0 Å². The summed E-state index contributed by atoms with van der Waals surface area (Å²) in [4.78, 5) is 0.215. The van der Waals surface area contributed by atoms with Gasteiger partial charge < -0.3 is 0 Å². The van der Waals surface area contributed by atoms with Crippen LogP contribution in [0.4, 0.5) is 5.69 Å². The van der Waals surface area contributed by atoms with E-state index >= 15 is 0 Å².